The molecular weight excluding hydrogens is 442 g/mol. The van der Waals surface area contributed by atoms with Gasteiger partial charge in [-0.25, -0.2) is 14.7 Å². The Kier molecular flexibility index (Phi) is 5.70. The van der Waals surface area contributed by atoms with Gasteiger partial charge < -0.3 is 15.1 Å². The van der Waals surface area contributed by atoms with Crippen molar-refractivity contribution < 1.29 is 14.4 Å². The third-order valence-electron chi connectivity index (χ3n) is 6.40. The number of urea groups is 1. The highest BCUT2D eigenvalue weighted by molar-refractivity contribution is 6.29. The summed E-state index contributed by atoms with van der Waals surface area (Å²) in [4.78, 5) is 48.0. The van der Waals surface area contributed by atoms with E-state index in [-0.39, 0.29) is 30.3 Å². The maximum absolute atomic E-state index is 13.5. The number of carbonyl (C=O) groups excluding carboxylic acids is 3. The molecule has 2 aliphatic rings. The molecule has 2 aliphatic heterocycles. The molecule has 0 bridgehead atoms. The molecule has 174 valence electrons. The highest BCUT2D eigenvalue weighted by Crippen LogP contribution is 2.43. The van der Waals surface area contributed by atoms with Gasteiger partial charge in [-0.1, -0.05) is 31.5 Å². The highest BCUT2D eigenvalue weighted by Gasteiger charge is 2.52. The minimum absolute atomic E-state index is 0.0583. The number of likely N-dealkylation sites (N-methyl/N-ethyl adjacent to an activating group) is 1. The van der Waals surface area contributed by atoms with Crippen LogP contribution in [-0.4, -0.2) is 53.4 Å². The zero-order valence-corrected chi connectivity index (χ0v) is 20.2. The summed E-state index contributed by atoms with van der Waals surface area (Å²) in [5.41, 5.74) is 1.69. The molecule has 33 heavy (non-hydrogen) atoms. The molecular formula is C24H28ClN5O3. The molecule has 9 heteroatoms. The molecule has 0 spiro atoms. The van der Waals surface area contributed by atoms with Crippen molar-refractivity contribution in [1.29, 1.82) is 0 Å². The van der Waals surface area contributed by atoms with Crippen molar-refractivity contribution in [3.63, 3.8) is 0 Å². The summed E-state index contributed by atoms with van der Waals surface area (Å²) >= 11 is 6.00. The van der Waals surface area contributed by atoms with E-state index in [1.807, 2.05) is 6.07 Å². The van der Waals surface area contributed by atoms with Crippen molar-refractivity contribution in [3.05, 3.63) is 52.8 Å². The lowest BCUT2D eigenvalue weighted by atomic mass is 9.87. The Balaban J connectivity index is 1.71. The van der Waals surface area contributed by atoms with Gasteiger partial charge in [0, 0.05) is 30.4 Å². The van der Waals surface area contributed by atoms with E-state index in [2.05, 4.69) is 24.1 Å². The van der Waals surface area contributed by atoms with Crippen LogP contribution in [0.2, 0.25) is 5.15 Å². The van der Waals surface area contributed by atoms with Crippen LogP contribution in [0.3, 0.4) is 0 Å². The first-order valence-corrected chi connectivity index (χ1v) is 11.2. The van der Waals surface area contributed by atoms with E-state index >= 15 is 0 Å². The number of halogens is 1. The minimum atomic E-state index is -1.05. The molecule has 1 fully saturated rings. The fourth-order valence-corrected chi connectivity index (χ4v) is 4.74. The molecule has 0 saturated carbocycles. The Hall–Kier alpha value is -2.97. The fourth-order valence-electron chi connectivity index (χ4n) is 4.54. The number of aromatic nitrogens is 1. The van der Waals surface area contributed by atoms with Gasteiger partial charge in [0.25, 0.3) is 5.91 Å². The van der Waals surface area contributed by atoms with Crippen LogP contribution in [0.1, 0.15) is 38.8 Å². The first-order chi connectivity index (χ1) is 15.5. The summed E-state index contributed by atoms with van der Waals surface area (Å²) in [5.74, 6) is -0.380. The third-order valence-corrected chi connectivity index (χ3v) is 6.60. The van der Waals surface area contributed by atoms with Crippen molar-refractivity contribution in [3.8, 4) is 0 Å². The second-order valence-electron chi connectivity index (χ2n) is 9.65. The minimum Gasteiger partial charge on any atom is -0.311 e. The highest BCUT2D eigenvalue weighted by atomic mass is 35.5. The largest absolute Gasteiger partial charge is 0.332 e. The van der Waals surface area contributed by atoms with Gasteiger partial charge in [-0.15, -0.1) is 0 Å². The van der Waals surface area contributed by atoms with Gasteiger partial charge in [-0.3, -0.25) is 9.59 Å². The predicted octanol–water partition coefficient (Wildman–Crippen LogP) is 3.33. The van der Waals surface area contributed by atoms with Crippen LogP contribution in [-0.2, 0) is 21.5 Å². The Morgan fingerprint density at radius 3 is 2.55 bits per heavy atom. The van der Waals surface area contributed by atoms with Gasteiger partial charge in [0.2, 0.25) is 5.91 Å². The van der Waals surface area contributed by atoms with E-state index in [0.29, 0.717) is 17.4 Å². The molecule has 0 radical (unpaired) electrons. The molecule has 3 heterocycles. The molecule has 0 unspecified atom stereocenters. The summed E-state index contributed by atoms with van der Waals surface area (Å²) in [6, 6.07) is 8.51. The summed E-state index contributed by atoms with van der Waals surface area (Å²) in [7, 11) is 1.73. The Labute approximate surface area is 198 Å². The Morgan fingerprint density at radius 1 is 1.15 bits per heavy atom. The number of benzene rings is 1. The quantitative estimate of drug-likeness (QED) is 0.536. The number of nitrogens with zero attached hydrogens (tertiary/aromatic N) is 4. The molecule has 2 aromatic rings. The van der Waals surface area contributed by atoms with Crippen LogP contribution < -0.4 is 15.1 Å². The Bertz CT molecular complexity index is 1150. The monoisotopic (exact) mass is 469 g/mol. The zero-order valence-electron chi connectivity index (χ0n) is 19.5. The van der Waals surface area contributed by atoms with E-state index < -0.39 is 11.6 Å². The number of imide groups is 1. The van der Waals surface area contributed by atoms with Crippen molar-refractivity contribution in [2.75, 3.05) is 29.9 Å². The van der Waals surface area contributed by atoms with Crippen LogP contribution in [0.4, 0.5) is 16.2 Å². The molecule has 1 aromatic heterocycles. The van der Waals surface area contributed by atoms with E-state index in [0.717, 1.165) is 16.8 Å². The third kappa shape index (κ3) is 3.87. The lowest BCUT2D eigenvalue weighted by Crippen LogP contribution is -2.43. The lowest BCUT2D eigenvalue weighted by molar-refractivity contribution is -0.123. The number of anilines is 2. The number of carbonyl (C=O) groups is 3. The number of pyridine rings is 1. The maximum Gasteiger partial charge on any atom is 0.332 e. The van der Waals surface area contributed by atoms with Gasteiger partial charge in [0.05, 0.1) is 12.2 Å². The van der Waals surface area contributed by atoms with Gasteiger partial charge in [-0.2, -0.15) is 0 Å². The normalized spacial score (nSPS) is 18.8. The lowest BCUT2D eigenvalue weighted by Gasteiger charge is -2.27. The number of fused-ring (bicyclic) bond motifs is 1. The molecule has 4 amide bonds. The second kappa shape index (κ2) is 8.11. The van der Waals surface area contributed by atoms with E-state index in [9.17, 15) is 14.4 Å². The average Bonchev–Trinajstić information content (AvgIpc) is 3.10. The number of nitrogens with one attached hydrogen (secondary N) is 1. The number of hydrogen-bond donors (Lipinski definition) is 1. The first kappa shape index (κ1) is 23.2. The molecule has 1 N–H and O–H groups in total. The summed E-state index contributed by atoms with van der Waals surface area (Å²) in [6.07, 6.45) is 1.57. The van der Waals surface area contributed by atoms with E-state index in [1.54, 1.807) is 56.3 Å². The Morgan fingerprint density at radius 2 is 1.88 bits per heavy atom. The van der Waals surface area contributed by atoms with Crippen molar-refractivity contribution in [1.82, 2.24) is 15.2 Å². The topological polar surface area (TPSA) is 85.8 Å². The van der Waals surface area contributed by atoms with Gasteiger partial charge in [-0.05, 0) is 56.3 Å². The zero-order chi connectivity index (χ0) is 24.1. The van der Waals surface area contributed by atoms with E-state index in [4.69, 9.17) is 11.6 Å². The van der Waals surface area contributed by atoms with Gasteiger partial charge in [0.15, 0.2) is 0 Å². The SMILES string of the molecule is CNCC(=O)N1CC(C)(C)c2ccc(N3C(=O)N(Cc4ccnc(Cl)c4)C(C)(C)C3=O)cc21. The van der Waals surface area contributed by atoms with E-state index in [1.165, 1.54) is 9.80 Å². The number of rotatable bonds is 5. The van der Waals surface area contributed by atoms with Crippen LogP contribution in [0.15, 0.2) is 36.5 Å². The molecule has 4 rings (SSSR count). The molecule has 1 saturated heterocycles. The second-order valence-corrected chi connectivity index (χ2v) is 10.0. The molecule has 8 nitrogen and oxygen atoms in total. The van der Waals surface area contributed by atoms with Crippen molar-refractivity contribution in [2.24, 2.45) is 0 Å². The number of hydrogen-bond acceptors (Lipinski definition) is 5. The van der Waals surface area contributed by atoms with Crippen molar-refractivity contribution in [2.45, 2.75) is 45.2 Å². The summed E-state index contributed by atoms with van der Waals surface area (Å²) in [6.45, 7) is 8.58. The van der Waals surface area contributed by atoms with Gasteiger partial charge in [0.1, 0.15) is 10.7 Å². The van der Waals surface area contributed by atoms with Crippen LogP contribution in [0.5, 0.6) is 0 Å². The standard InChI is InChI=1S/C24H28ClN5O3/c1-23(2)14-28(20(31)12-26-5)18-11-16(6-7-17(18)23)30-21(32)24(3,4)29(22(30)33)13-15-8-9-27-19(25)10-15/h6-11,26H,12-14H2,1-5H3. The van der Waals surface area contributed by atoms with Crippen LogP contribution in [0, 0.1) is 0 Å². The predicted molar refractivity (Wildman–Crippen MR) is 127 cm³/mol. The fraction of sp³-hybridized carbons (Fsp3) is 0.417. The van der Waals surface area contributed by atoms with Gasteiger partial charge >= 0.3 is 6.03 Å². The molecule has 0 atom stereocenters. The van der Waals surface area contributed by atoms with Crippen LogP contribution >= 0.6 is 11.6 Å². The molecule has 1 aromatic carbocycles. The maximum atomic E-state index is 13.5. The molecule has 0 aliphatic carbocycles. The first-order valence-electron chi connectivity index (χ1n) is 10.8. The van der Waals surface area contributed by atoms with Crippen LogP contribution in [0.25, 0.3) is 0 Å². The van der Waals surface area contributed by atoms with Crippen molar-refractivity contribution >= 4 is 40.8 Å². The smallest absolute Gasteiger partial charge is 0.311 e. The summed E-state index contributed by atoms with van der Waals surface area (Å²) in [5, 5.41) is 3.23. The number of amides is 4. The summed E-state index contributed by atoms with van der Waals surface area (Å²) < 4.78 is 0. The average molecular weight is 470 g/mol.